The number of hydrogen-bond donors (Lipinski definition) is 1. The molecule has 0 aliphatic rings. The van der Waals surface area contributed by atoms with E-state index in [4.69, 9.17) is 0 Å². The van der Waals surface area contributed by atoms with Crippen LogP contribution in [-0.4, -0.2) is 44.5 Å². The molecule has 116 valence electrons. The first kappa shape index (κ1) is 17.2. The number of aliphatic hydroxyl groups excluding tert-OH is 1. The van der Waals surface area contributed by atoms with E-state index in [1.807, 2.05) is 24.1 Å². The van der Waals surface area contributed by atoms with Gasteiger partial charge in [0.05, 0.1) is 12.3 Å². The van der Waals surface area contributed by atoms with Crippen molar-refractivity contribution in [2.75, 3.05) is 13.1 Å². The molecule has 1 N–H and O–H groups in total. The Bertz CT molecular complexity index is 381. The summed E-state index contributed by atoms with van der Waals surface area (Å²) in [6.07, 6.45) is 7.28. The van der Waals surface area contributed by atoms with Crippen molar-refractivity contribution in [1.82, 2.24) is 14.7 Å². The SMILES string of the molecule is CCN(CC)C(CC)(CC)C(O)CCc1cnn(C)c1. The molecule has 0 saturated carbocycles. The lowest BCUT2D eigenvalue weighted by molar-refractivity contribution is -0.0382. The van der Waals surface area contributed by atoms with Crippen molar-refractivity contribution >= 4 is 0 Å². The smallest absolute Gasteiger partial charge is 0.0726 e. The van der Waals surface area contributed by atoms with Crippen LogP contribution in [0.4, 0.5) is 0 Å². The van der Waals surface area contributed by atoms with Gasteiger partial charge in [0.25, 0.3) is 0 Å². The molecule has 1 atom stereocenters. The van der Waals surface area contributed by atoms with Crippen LogP contribution in [0.2, 0.25) is 0 Å². The van der Waals surface area contributed by atoms with E-state index >= 15 is 0 Å². The standard InChI is InChI=1S/C16H31N3O/c1-6-16(7-2,19(8-3)9-4)15(20)11-10-14-12-17-18(5)13-14/h12-13,15,20H,6-11H2,1-5H3. The molecular formula is C16H31N3O. The monoisotopic (exact) mass is 281 g/mol. The molecule has 0 bridgehead atoms. The van der Waals surface area contributed by atoms with Gasteiger partial charge in [-0.2, -0.15) is 5.10 Å². The van der Waals surface area contributed by atoms with Crippen molar-refractivity contribution in [3.05, 3.63) is 18.0 Å². The average Bonchev–Trinajstić information content (AvgIpc) is 2.88. The highest BCUT2D eigenvalue weighted by molar-refractivity contribution is 5.05. The number of hydrogen-bond acceptors (Lipinski definition) is 3. The van der Waals surface area contributed by atoms with Gasteiger partial charge >= 0.3 is 0 Å². The number of aryl methyl sites for hydroxylation is 2. The largest absolute Gasteiger partial charge is 0.391 e. The molecule has 0 saturated heterocycles. The Morgan fingerprint density at radius 2 is 1.85 bits per heavy atom. The van der Waals surface area contributed by atoms with Crippen molar-refractivity contribution < 1.29 is 5.11 Å². The van der Waals surface area contributed by atoms with Crippen LogP contribution >= 0.6 is 0 Å². The number of nitrogens with zero attached hydrogens (tertiary/aromatic N) is 3. The van der Waals surface area contributed by atoms with Gasteiger partial charge in [0, 0.05) is 18.8 Å². The van der Waals surface area contributed by atoms with Gasteiger partial charge in [0.15, 0.2) is 0 Å². The first-order valence-electron chi connectivity index (χ1n) is 7.94. The molecule has 0 aliphatic carbocycles. The summed E-state index contributed by atoms with van der Waals surface area (Å²) in [6, 6.07) is 0. The Morgan fingerprint density at radius 1 is 1.25 bits per heavy atom. The minimum atomic E-state index is -0.294. The third-order valence-electron chi connectivity index (χ3n) is 4.70. The van der Waals surface area contributed by atoms with Crippen molar-refractivity contribution in [2.45, 2.75) is 65.0 Å². The maximum Gasteiger partial charge on any atom is 0.0726 e. The Kier molecular flexibility index (Phi) is 6.69. The summed E-state index contributed by atoms with van der Waals surface area (Å²) >= 11 is 0. The van der Waals surface area contributed by atoms with Gasteiger partial charge < -0.3 is 5.11 Å². The first-order valence-corrected chi connectivity index (χ1v) is 7.94. The molecule has 0 radical (unpaired) electrons. The number of likely N-dealkylation sites (N-methyl/N-ethyl adjacent to an activating group) is 1. The number of rotatable bonds is 9. The van der Waals surface area contributed by atoms with Crippen molar-refractivity contribution in [1.29, 1.82) is 0 Å². The first-order chi connectivity index (χ1) is 9.53. The second-order valence-electron chi connectivity index (χ2n) is 5.56. The highest BCUT2D eigenvalue weighted by Gasteiger charge is 2.38. The van der Waals surface area contributed by atoms with E-state index in [0.717, 1.165) is 38.8 Å². The van der Waals surface area contributed by atoms with Crippen LogP contribution in [0.15, 0.2) is 12.4 Å². The van der Waals surface area contributed by atoms with Gasteiger partial charge in [-0.05, 0) is 44.3 Å². The molecule has 1 aromatic rings. The van der Waals surface area contributed by atoms with Crippen molar-refractivity contribution in [2.24, 2.45) is 7.05 Å². The zero-order valence-corrected chi connectivity index (χ0v) is 13.8. The molecule has 1 heterocycles. The van der Waals surface area contributed by atoms with Gasteiger partial charge in [0.2, 0.25) is 0 Å². The highest BCUT2D eigenvalue weighted by Crippen LogP contribution is 2.30. The summed E-state index contributed by atoms with van der Waals surface area (Å²) < 4.78 is 1.82. The van der Waals surface area contributed by atoms with Crippen LogP contribution in [-0.2, 0) is 13.5 Å². The normalized spacial score (nSPS) is 13.9. The summed E-state index contributed by atoms with van der Waals surface area (Å²) in [5, 5.41) is 15.0. The van der Waals surface area contributed by atoms with E-state index in [0.29, 0.717) is 0 Å². The summed E-state index contributed by atoms with van der Waals surface area (Å²) in [5.41, 5.74) is 1.11. The third kappa shape index (κ3) is 3.61. The van der Waals surface area contributed by atoms with Gasteiger partial charge in [-0.3, -0.25) is 9.58 Å². The highest BCUT2D eigenvalue weighted by atomic mass is 16.3. The van der Waals surface area contributed by atoms with Crippen LogP contribution in [0.3, 0.4) is 0 Å². The van der Waals surface area contributed by atoms with Crippen LogP contribution in [0.25, 0.3) is 0 Å². The zero-order chi connectivity index (χ0) is 15.2. The predicted molar refractivity (Wildman–Crippen MR) is 83.8 cm³/mol. The fraction of sp³-hybridized carbons (Fsp3) is 0.812. The fourth-order valence-electron chi connectivity index (χ4n) is 3.41. The molecule has 20 heavy (non-hydrogen) atoms. The van der Waals surface area contributed by atoms with Gasteiger partial charge in [-0.25, -0.2) is 0 Å². The molecule has 0 spiro atoms. The van der Waals surface area contributed by atoms with Gasteiger partial charge in [-0.15, -0.1) is 0 Å². The molecule has 0 aromatic carbocycles. The average molecular weight is 281 g/mol. The Morgan fingerprint density at radius 3 is 2.25 bits per heavy atom. The van der Waals surface area contributed by atoms with E-state index < -0.39 is 0 Å². The van der Waals surface area contributed by atoms with Crippen LogP contribution in [0, 0.1) is 0 Å². The molecule has 0 aliphatic heterocycles. The summed E-state index contributed by atoms with van der Waals surface area (Å²) in [4.78, 5) is 2.42. The Balaban J connectivity index is 2.75. The maximum atomic E-state index is 10.8. The van der Waals surface area contributed by atoms with E-state index in [1.165, 1.54) is 5.56 Å². The lowest BCUT2D eigenvalue weighted by Gasteiger charge is -2.46. The maximum absolute atomic E-state index is 10.8. The van der Waals surface area contributed by atoms with E-state index in [9.17, 15) is 5.11 Å². The zero-order valence-electron chi connectivity index (χ0n) is 13.8. The lowest BCUT2D eigenvalue weighted by atomic mass is 9.82. The summed E-state index contributed by atoms with van der Waals surface area (Å²) in [7, 11) is 1.93. The van der Waals surface area contributed by atoms with Gasteiger partial charge in [-0.1, -0.05) is 27.7 Å². The summed E-state index contributed by atoms with van der Waals surface area (Å²) in [6.45, 7) is 10.7. The minimum absolute atomic E-state index is 0.0916. The topological polar surface area (TPSA) is 41.3 Å². The Hall–Kier alpha value is -0.870. The van der Waals surface area contributed by atoms with E-state index in [2.05, 4.69) is 37.7 Å². The molecule has 1 unspecified atom stereocenters. The van der Waals surface area contributed by atoms with Crippen molar-refractivity contribution in [3.63, 3.8) is 0 Å². The van der Waals surface area contributed by atoms with Crippen LogP contribution < -0.4 is 0 Å². The second kappa shape index (κ2) is 7.79. The third-order valence-corrected chi connectivity index (χ3v) is 4.70. The molecule has 4 nitrogen and oxygen atoms in total. The van der Waals surface area contributed by atoms with Crippen LogP contribution in [0.5, 0.6) is 0 Å². The minimum Gasteiger partial charge on any atom is -0.391 e. The molecule has 1 aromatic heterocycles. The summed E-state index contributed by atoms with van der Waals surface area (Å²) in [5.74, 6) is 0. The number of aliphatic hydroxyl groups is 1. The van der Waals surface area contributed by atoms with Crippen molar-refractivity contribution in [3.8, 4) is 0 Å². The molecule has 0 amide bonds. The fourth-order valence-corrected chi connectivity index (χ4v) is 3.41. The molecule has 4 heteroatoms. The van der Waals surface area contributed by atoms with Crippen LogP contribution in [0.1, 0.15) is 52.5 Å². The second-order valence-corrected chi connectivity index (χ2v) is 5.56. The molecular weight excluding hydrogens is 250 g/mol. The Labute approximate surface area is 123 Å². The quantitative estimate of drug-likeness (QED) is 0.756. The lowest BCUT2D eigenvalue weighted by Crippen LogP contribution is -2.56. The molecule has 1 rings (SSSR count). The number of aromatic nitrogens is 2. The predicted octanol–water partition coefficient (Wildman–Crippen LogP) is 2.61. The molecule has 0 fully saturated rings. The van der Waals surface area contributed by atoms with E-state index in [1.54, 1.807) is 0 Å². The van der Waals surface area contributed by atoms with Gasteiger partial charge in [0.1, 0.15) is 0 Å². The van der Waals surface area contributed by atoms with E-state index in [-0.39, 0.29) is 11.6 Å².